The van der Waals surface area contributed by atoms with Crippen molar-refractivity contribution in [3.8, 4) is 17.2 Å². The Morgan fingerprint density at radius 1 is 0.971 bits per heavy atom. The summed E-state index contributed by atoms with van der Waals surface area (Å²) in [6.07, 6.45) is 1.54. The maximum atomic E-state index is 12.3. The first-order valence-electron chi connectivity index (χ1n) is 11.1. The second kappa shape index (κ2) is 10.6. The number of rotatable bonds is 9. The van der Waals surface area contributed by atoms with Crippen LogP contribution < -0.4 is 14.9 Å². The lowest BCUT2D eigenvalue weighted by Gasteiger charge is -2.10. The quantitative estimate of drug-likeness (QED) is 0.269. The van der Waals surface area contributed by atoms with Crippen molar-refractivity contribution in [3.63, 3.8) is 0 Å². The summed E-state index contributed by atoms with van der Waals surface area (Å²) in [6.45, 7) is 6.82. The van der Waals surface area contributed by atoms with E-state index in [1.54, 1.807) is 12.1 Å². The number of hydrogen-bond donors (Lipinski definition) is 1. The highest BCUT2D eigenvalue weighted by molar-refractivity contribution is 5.92. The van der Waals surface area contributed by atoms with Gasteiger partial charge in [0.2, 0.25) is 0 Å². The molecular formula is C27H27N3O4. The average molecular weight is 458 g/mol. The Hall–Kier alpha value is -4.26. The lowest BCUT2D eigenvalue weighted by molar-refractivity contribution is 0.0923. The van der Waals surface area contributed by atoms with E-state index in [1.807, 2.05) is 55.5 Å². The summed E-state index contributed by atoms with van der Waals surface area (Å²) in [5, 5.41) is 4.01. The Kier molecular flexibility index (Phi) is 7.13. The molecule has 0 radical (unpaired) electrons. The first-order valence-corrected chi connectivity index (χ1v) is 11.1. The van der Waals surface area contributed by atoms with Gasteiger partial charge in [0.15, 0.2) is 5.76 Å². The molecule has 4 aromatic rings. The zero-order valence-electron chi connectivity index (χ0n) is 19.4. The normalized spacial score (nSPS) is 11.0. The molecule has 4 rings (SSSR count). The number of nitrogens with one attached hydrogen (secondary N) is 1. The fourth-order valence-corrected chi connectivity index (χ4v) is 3.59. The summed E-state index contributed by atoms with van der Waals surface area (Å²) in [6, 6.07) is 22.8. The Balaban J connectivity index is 1.32. The largest absolute Gasteiger partial charge is 0.493 e. The molecule has 0 unspecified atom stereocenters. The van der Waals surface area contributed by atoms with Crippen LogP contribution in [0.1, 0.15) is 40.2 Å². The fraction of sp³-hybridized carbons (Fsp3) is 0.185. The minimum Gasteiger partial charge on any atom is -0.493 e. The molecule has 2 heterocycles. The van der Waals surface area contributed by atoms with Crippen LogP contribution in [0.3, 0.4) is 0 Å². The second-order valence-corrected chi connectivity index (χ2v) is 7.67. The van der Waals surface area contributed by atoms with E-state index in [0.717, 1.165) is 11.3 Å². The van der Waals surface area contributed by atoms with Gasteiger partial charge in [-0.2, -0.15) is 5.10 Å². The van der Waals surface area contributed by atoms with Gasteiger partial charge in [0.05, 0.1) is 12.8 Å². The number of aromatic nitrogens is 1. The number of hydrogen-bond acceptors (Lipinski definition) is 5. The SMILES string of the molecule is CCOc1ccccc1C=NNC(=O)c1ccc(COc2ccc(-n3c(C)ccc3C)cc2)o1. The zero-order chi connectivity index (χ0) is 23.9. The lowest BCUT2D eigenvalue weighted by atomic mass is 10.2. The van der Waals surface area contributed by atoms with E-state index in [4.69, 9.17) is 13.9 Å². The number of carbonyl (C=O) groups excluding carboxylic acids is 1. The van der Waals surface area contributed by atoms with Crippen LogP contribution >= 0.6 is 0 Å². The van der Waals surface area contributed by atoms with Crippen LogP contribution in [0.2, 0.25) is 0 Å². The molecule has 0 aliphatic rings. The summed E-state index contributed by atoms with van der Waals surface area (Å²) in [5.74, 6) is 1.66. The molecule has 2 aromatic carbocycles. The molecule has 7 nitrogen and oxygen atoms in total. The highest BCUT2D eigenvalue weighted by atomic mass is 16.5. The summed E-state index contributed by atoms with van der Waals surface area (Å²) in [4.78, 5) is 12.3. The lowest BCUT2D eigenvalue weighted by Crippen LogP contribution is -2.16. The van der Waals surface area contributed by atoms with Gasteiger partial charge in [-0.15, -0.1) is 0 Å². The molecule has 0 saturated heterocycles. The van der Waals surface area contributed by atoms with Gasteiger partial charge in [0.25, 0.3) is 0 Å². The molecule has 0 bridgehead atoms. The smallest absolute Gasteiger partial charge is 0.307 e. The third-order valence-corrected chi connectivity index (χ3v) is 5.22. The summed E-state index contributed by atoms with van der Waals surface area (Å²) in [7, 11) is 0. The highest BCUT2D eigenvalue weighted by Crippen LogP contribution is 2.21. The van der Waals surface area contributed by atoms with Crippen LogP contribution in [0.4, 0.5) is 0 Å². The maximum Gasteiger partial charge on any atom is 0.307 e. The summed E-state index contributed by atoms with van der Waals surface area (Å²) >= 11 is 0. The van der Waals surface area contributed by atoms with Gasteiger partial charge in [-0.25, -0.2) is 5.43 Å². The van der Waals surface area contributed by atoms with Crippen molar-refractivity contribution in [1.29, 1.82) is 0 Å². The van der Waals surface area contributed by atoms with E-state index >= 15 is 0 Å². The van der Waals surface area contributed by atoms with Gasteiger partial charge in [0.1, 0.15) is 23.9 Å². The molecule has 0 spiro atoms. The predicted octanol–water partition coefficient (Wildman–Crippen LogP) is 5.43. The molecule has 1 N–H and O–H groups in total. The Labute approximate surface area is 198 Å². The van der Waals surface area contributed by atoms with E-state index in [0.29, 0.717) is 23.9 Å². The molecule has 2 aromatic heterocycles. The van der Waals surface area contributed by atoms with Gasteiger partial charge < -0.3 is 18.5 Å². The van der Waals surface area contributed by atoms with E-state index < -0.39 is 5.91 Å². The van der Waals surface area contributed by atoms with Crippen LogP contribution in [0.15, 0.2) is 82.3 Å². The number of ether oxygens (including phenoxy) is 2. The first kappa shape index (κ1) is 22.9. The van der Waals surface area contributed by atoms with Crippen molar-refractivity contribution in [2.24, 2.45) is 5.10 Å². The van der Waals surface area contributed by atoms with Gasteiger partial charge in [-0.1, -0.05) is 12.1 Å². The number of carbonyl (C=O) groups is 1. The molecular weight excluding hydrogens is 430 g/mol. The summed E-state index contributed by atoms with van der Waals surface area (Å²) < 4.78 is 19.1. The van der Waals surface area contributed by atoms with Crippen molar-refractivity contribution >= 4 is 12.1 Å². The van der Waals surface area contributed by atoms with E-state index in [9.17, 15) is 4.79 Å². The Morgan fingerprint density at radius 2 is 1.71 bits per heavy atom. The van der Waals surface area contributed by atoms with Gasteiger partial charge in [0, 0.05) is 22.6 Å². The summed E-state index contributed by atoms with van der Waals surface area (Å²) in [5.41, 5.74) is 6.67. The van der Waals surface area contributed by atoms with Crippen molar-refractivity contribution < 1.29 is 18.7 Å². The minimum absolute atomic E-state index is 0.155. The molecule has 0 atom stereocenters. The Bertz CT molecular complexity index is 1270. The molecule has 0 aliphatic heterocycles. The van der Waals surface area contributed by atoms with Crippen LogP contribution in [-0.4, -0.2) is 23.3 Å². The second-order valence-electron chi connectivity index (χ2n) is 7.67. The number of benzene rings is 2. The molecule has 174 valence electrons. The minimum atomic E-state index is -0.446. The molecule has 7 heteroatoms. The molecule has 34 heavy (non-hydrogen) atoms. The number of para-hydroxylation sites is 1. The van der Waals surface area contributed by atoms with Crippen molar-refractivity contribution in [2.45, 2.75) is 27.4 Å². The number of furan rings is 1. The van der Waals surface area contributed by atoms with Gasteiger partial charge in [-0.3, -0.25) is 4.79 Å². The third kappa shape index (κ3) is 5.38. The number of amides is 1. The van der Waals surface area contributed by atoms with Gasteiger partial charge in [-0.05, 0) is 81.4 Å². The van der Waals surface area contributed by atoms with E-state index in [-0.39, 0.29) is 12.4 Å². The third-order valence-electron chi connectivity index (χ3n) is 5.22. The monoisotopic (exact) mass is 457 g/mol. The van der Waals surface area contributed by atoms with Crippen LogP contribution in [0.5, 0.6) is 11.5 Å². The number of hydrazone groups is 1. The number of aryl methyl sites for hydroxylation is 2. The molecule has 0 aliphatic carbocycles. The highest BCUT2D eigenvalue weighted by Gasteiger charge is 2.11. The van der Waals surface area contributed by atoms with Gasteiger partial charge >= 0.3 is 5.91 Å². The predicted molar refractivity (Wildman–Crippen MR) is 131 cm³/mol. The van der Waals surface area contributed by atoms with Crippen molar-refractivity contribution in [1.82, 2.24) is 9.99 Å². The standard InChI is InChI=1S/C27H27N3O4/c1-4-32-25-8-6-5-7-21(25)17-28-29-27(31)26-16-15-24(34-26)18-33-23-13-11-22(12-14-23)30-19(2)9-10-20(30)3/h5-17H,4,18H2,1-3H3,(H,29,31). The molecule has 1 amide bonds. The van der Waals surface area contributed by atoms with E-state index in [1.165, 1.54) is 17.6 Å². The maximum absolute atomic E-state index is 12.3. The average Bonchev–Trinajstić information content (AvgIpc) is 3.46. The first-order chi connectivity index (χ1) is 16.5. The molecule has 0 fully saturated rings. The zero-order valence-corrected chi connectivity index (χ0v) is 19.4. The van der Waals surface area contributed by atoms with E-state index in [2.05, 4.69) is 41.1 Å². The molecule has 0 saturated carbocycles. The van der Waals surface area contributed by atoms with Crippen molar-refractivity contribution in [3.05, 3.63) is 101 Å². The van der Waals surface area contributed by atoms with Crippen LogP contribution in [0, 0.1) is 13.8 Å². The topological polar surface area (TPSA) is 78.0 Å². The Morgan fingerprint density at radius 3 is 2.44 bits per heavy atom. The van der Waals surface area contributed by atoms with Crippen LogP contribution in [-0.2, 0) is 6.61 Å². The fourth-order valence-electron chi connectivity index (χ4n) is 3.59. The van der Waals surface area contributed by atoms with Crippen molar-refractivity contribution in [2.75, 3.05) is 6.61 Å². The number of nitrogens with zero attached hydrogens (tertiary/aromatic N) is 2. The van der Waals surface area contributed by atoms with Crippen LogP contribution in [0.25, 0.3) is 5.69 Å².